The van der Waals surface area contributed by atoms with Crippen LogP contribution in [0.2, 0.25) is 0 Å². The predicted octanol–water partition coefficient (Wildman–Crippen LogP) is 1.15. The molecule has 0 radical (unpaired) electrons. The lowest BCUT2D eigenvalue weighted by Crippen LogP contribution is -2.19. The largest absolute Gasteiger partial charge is 0.374 e. The summed E-state index contributed by atoms with van der Waals surface area (Å²) in [6.45, 7) is 2.89. The maximum Gasteiger partial charge on any atom is 0.0971 e. The Labute approximate surface area is 84.0 Å². The first-order valence-corrected chi connectivity index (χ1v) is 4.89. The smallest absolute Gasteiger partial charge is 0.0971 e. The molecular formula is C11H15NO2. The van der Waals surface area contributed by atoms with Gasteiger partial charge in [0.05, 0.1) is 26.0 Å². The lowest BCUT2D eigenvalue weighted by Gasteiger charge is -2.08. The van der Waals surface area contributed by atoms with Crippen LogP contribution in [0.5, 0.6) is 0 Å². The van der Waals surface area contributed by atoms with Gasteiger partial charge in [-0.15, -0.1) is 0 Å². The highest BCUT2D eigenvalue weighted by molar-refractivity contribution is 5.13. The molecule has 0 aromatic heterocycles. The molecule has 0 spiro atoms. The average Bonchev–Trinajstić information content (AvgIpc) is 2.72. The monoisotopic (exact) mass is 193 g/mol. The molecule has 1 atom stereocenters. The third-order valence-electron chi connectivity index (χ3n) is 2.21. The molecule has 2 rings (SSSR count). The van der Waals surface area contributed by atoms with Gasteiger partial charge in [0.1, 0.15) is 0 Å². The minimum absolute atomic E-state index is 0.221. The van der Waals surface area contributed by atoms with E-state index in [9.17, 15) is 0 Å². The van der Waals surface area contributed by atoms with Crippen molar-refractivity contribution in [3.63, 3.8) is 0 Å². The van der Waals surface area contributed by atoms with E-state index in [1.165, 1.54) is 5.56 Å². The lowest BCUT2D eigenvalue weighted by molar-refractivity contribution is 0.0143. The lowest BCUT2D eigenvalue weighted by atomic mass is 10.2. The van der Waals surface area contributed by atoms with E-state index in [1.54, 1.807) is 0 Å². The van der Waals surface area contributed by atoms with Gasteiger partial charge in [-0.2, -0.15) is 0 Å². The number of ether oxygens (including phenoxy) is 2. The SMILES string of the molecule is c1ccc(COC[C@H]2CNCO2)cc1. The summed E-state index contributed by atoms with van der Waals surface area (Å²) in [7, 11) is 0. The highest BCUT2D eigenvalue weighted by Gasteiger charge is 2.14. The Morgan fingerprint density at radius 3 is 2.93 bits per heavy atom. The van der Waals surface area contributed by atoms with Crippen LogP contribution >= 0.6 is 0 Å². The van der Waals surface area contributed by atoms with Crippen molar-refractivity contribution in [2.75, 3.05) is 19.9 Å². The normalized spacial score (nSPS) is 21.3. The molecule has 0 bridgehead atoms. The van der Waals surface area contributed by atoms with E-state index < -0.39 is 0 Å². The summed E-state index contributed by atoms with van der Waals surface area (Å²) in [5.41, 5.74) is 1.21. The third kappa shape index (κ3) is 2.80. The molecule has 1 heterocycles. The van der Waals surface area contributed by atoms with Gasteiger partial charge in [-0.05, 0) is 5.56 Å². The van der Waals surface area contributed by atoms with Gasteiger partial charge < -0.3 is 9.47 Å². The molecule has 3 heteroatoms. The van der Waals surface area contributed by atoms with Crippen LogP contribution in [-0.2, 0) is 16.1 Å². The van der Waals surface area contributed by atoms with E-state index in [4.69, 9.17) is 9.47 Å². The summed E-state index contributed by atoms with van der Waals surface area (Å²) in [5, 5.41) is 3.12. The number of nitrogens with one attached hydrogen (secondary N) is 1. The maximum atomic E-state index is 5.54. The topological polar surface area (TPSA) is 30.5 Å². The zero-order chi connectivity index (χ0) is 9.64. The van der Waals surface area contributed by atoms with E-state index >= 15 is 0 Å². The molecule has 1 aromatic rings. The molecule has 0 unspecified atom stereocenters. The standard InChI is InChI=1S/C11H15NO2/c1-2-4-10(5-3-1)7-13-8-11-6-12-9-14-11/h1-5,11-12H,6-9H2/t11-/m1/s1. The van der Waals surface area contributed by atoms with Gasteiger partial charge in [-0.3, -0.25) is 5.32 Å². The second kappa shape index (κ2) is 5.10. The molecule has 1 aromatic carbocycles. The van der Waals surface area contributed by atoms with Crippen molar-refractivity contribution in [2.45, 2.75) is 12.7 Å². The molecule has 0 amide bonds. The van der Waals surface area contributed by atoms with Crippen LogP contribution < -0.4 is 5.32 Å². The molecule has 1 aliphatic heterocycles. The molecule has 1 aliphatic rings. The van der Waals surface area contributed by atoms with Crippen molar-refractivity contribution in [2.24, 2.45) is 0 Å². The summed E-state index contributed by atoms with van der Waals surface area (Å²) in [5.74, 6) is 0. The first-order chi connectivity index (χ1) is 6.95. The number of rotatable bonds is 4. The van der Waals surface area contributed by atoms with Crippen molar-refractivity contribution in [1.82, 2.24) is 5.32 Å². The van der Waals surface area contributed by atoms with Gasteiger partial charge in [-0.25, -0.2) is 0 Å². The summed E-state index contributed by atoms with van der Waals surface area (Å²) in [6.07, 6.45) is 0.221. The van der Waals surface area contributed by atoms with Crippen molar-refractivity contribution >= 4 is 0 Å². The van der Waals surface area contributed by atoms with Crippen molar-refractivity contribution in [3.05, 3.63) is 35.9 Å². The minimum Gasteiger partial charge on any atom is -0.374 e. The van der Waals surface area contributed by atoms with Gasteiger partial charge in [0.25, 0.3) is 0 Å². The fourth-order valence-corrected chi connectivity index (χ4v) is 1.45. The van der Waals surface area contributed by atoms with Crippen LogP contribution in [0.4, 0.5) is 0 Å². The molecular weight excluding hydrogens is 178 g/mol. The van der Waals surface area contributed by atoms with Gasteiger partial charge >= 0.3 is 0 Å². The Hall–Kier alpha value is -0.900. The summed E-state index contributed by atoms with van der Waals surface area (Å²) < 4.78 is 10.9. The highest BCUT2D eigenvalue weighted by Crippen LogP contribution is 2.03. The second-order valence-corrected chi connectivity index (χ2v) is 3.39. The minimum atomic E-state index is 0.221. The van der Waals surface area contributed by atoms with Gasteiger partial charge in [0.15, 0.2) is 0 Å². The fraction of sp³-hybridized carbons (Fsp3) is 0.455. The Morgan fingerprint density at radius 2 is 2.21 bits per heavy atom. The number of hydrogen-bond donors (Lipinski definition) is 1. The third-order valence-corrected chi connectivity index (χ3v) is 2.21. The fourth-order valence-electron chi connectivity index (χ4n) is 1.45. The Balaban J connectivity index is 1.67. The Morgan fingerprint density at radius 1 is 1.36 bits per heavy atom. The van der Waals surface area contributed by atoms with Crippen LogP contribution in [0.1, 0.15) is 5.56 Å². The van der Waals surface area contributed by atoms with Gasteiger partial charge in [0.2, 0.25) is 0 Å². The van der Waals surface area contributed by atoms with Gasteiger partial charge in [0, 0.05) is 6.54 Å². The molecule has 0 aliphatic carbocycles. The second-order valence-electron chi connectivity index (χ2n) is 3.39. The molecule has 3 nitrogen and oxygen atoms in total. The maximum absolute atomic E-state index is 5.54. The molecule has 14 heavy (non-hydrogen) atoms. The highest BCUT2D eigenvalue weighted by atomic mass is 16.5. The molecule has 76 valence electrons. The van der Waals surface area contributed by atoms with E-state index in [0.717, 1.165) is 6.54 Å². The van der Waals surface area contributed by atoms with Crippen LogP contribution in [0.15, 0.2) is 30.3 Å². The zero-order valence-electron chi connectivity index (χ0n) is 8.11. The van der Waals surface area contributed by atoms with Crippen LogP contribution in [-0.4, -0.2) is 26.0 Å². The molecule has 0 saturated carbocycles. The Kier molecular flexibility index (Phi) is 3.51. The van der Waals surface area contributed by atoms with E-state index in [0.29, 0.717) is 19.9 Å². The summed E-state index contributed by atoms with van der Waals surface area (Å²) >= 11 is 0. The van der Waals surface area contributed by atoms with Crippen LogP contribution in [0.25, 0.3) is 0 Å². The summed E-state index contributed by atoms with van der Waals surface area (Å²) in [4.78, 5) is 0. The molecule has 1 N–H and O–H groups in total. The van der Waals surface area contributed by atoms with E-state index in [2.05, 4.69) is 17.4 Å². The van der Waals surface area contributed by atoms with E-state index in [-0.39, 0.29) is 6.10 Å². The van der Waals surface area contributed by atoms with Crippen molar-refractivity contribution in [1.29, 1.82) is 0 Å². The van der Waals surface area contributed by atoms with Crippen LogP contribution in [0, 0.1) is 0 Å². The summed E-state index contributed by atoms with van der Waals surface area (Å²) in [6, 6.07) is 10.2. The van der Waals surface area contributed by atoms with Gasteiger partial charge in [-0.1, -0.05) is 30.3 Å². The predicted molar refractivity (Wildman–Crippen MR) is 53.8 cm³/mol. The zero-order valence-corrected chi connectivity index (χ0v) is 8.11. The van der Waals surface area contributed by atoms with Crippen molar-refractivity contribution < 1.29 is 9.47 Å². The van der Waals surface area contributed by atoms with Crippen molar-refractivity contribution in [3.8, 4) is 0 Å². The number of hydrogen-bond acceptors (Lipinski definition) is 3. The average molecular weight is 193 g/mol. The molecule has 1 saturated heterocycles. The first-order valence-electron chi connectivity index (χ1n) is 4.89. The number of benzene rings is 1. The first kappa shape index (κ1) is 9.65. The quantitative estimate of drug-likeness (QED) is 0.778. The Bertz CT molecular complexity index is 257. The molecule has 1 fully saturated rings. The van der Waals surface area contributed by atoms with Crippen LogP contribution in [0.3, 0.4) is 0 Å². The van der Waals surface area contributed by atoms with E-state index in [1.807, 2.05) is 18.2 Å².